The molecule has 1 aromatic carbocycles. The van der Waals surface area contributed by atoms with E-state index in [9.17, 15) is 17.6 Å². The van der Waals surface area contributed by atoms with Gasteiger partial charge in [0.25, 0.3) is 0 Å². The van der Waals surface area contributed by atoms with Gasteiger partial charge in [0.1, 0.15) is 11.9 Å². The molecule has 0 saturated carbocycles. The van der Waals surface area contributed by atoms with Gasteiger partial charge >= 0.3 is 6.18 Å². The Morgan fingerprint density at radius 1 is 1.29 bits per heavy atom. The van der Waals surface area contributed by atoms with Crippen molar-refractivity contribution in [2.24, 2.45) is 5.73 Å². The molecular formula is C8H6BrF4N. The van der Waals surface area contributed by atoms with Crippen molar-refractivity contribution < 1.29 is 17.6 Å². The first kappa shape index (κ1) is 11.5. The van der Waals surface area contributed by atoms with Crippen LogP contribution in [0.25, 0.3) is 0 Å². The Hall–Kier alpha value is -0.620. The summed E-state index contributed by atoms with van der Waals surface area (Å²) in [5.41, 5.74) is 4.61. The average molecular weight is 272 g/mol. The summed E-state index contributed by atoms with van der Waals surface area (Å²) < 4.78 is 49.3. The summed E-state index contributed by atoms with van der Waals surface area (Å²) in [7, 11) is 0. The molecular weight excluding hydrogens is 266 g/mol. The zero-order valence-corrected chi connectivity index (χ0v) is 8.36. The quantitative estimate of drug-likeness (QED) is 0.781. The van der Waals surface area contributed by atoms with Crippen molar-refractivity contribution in [2.45, 2.75) is 12.2 Å². The molecule has 1 rings (SSSR count). The van der Waals surface area contributed by atoms with Crippen LogP contribution in [0.1, 0.15) is 11.6 Å². The SMILES string of the molecule is N[C@@H](c1cc(F)ccc1Br)C(F)(F)F. The number of halogens is 5. The fourth-order valence-corrected chi connectivity index (χ4v) is 1.42. The average Bonchev–Trinajstić information content (AvgIpc) is 2.06. The number of hydrogen-bond donors (Lipinski definition) is 1. The maximum absolute atomic E-state index is 12.7. The Balaban J connectivity index is 3.12. The second-order valence-electron chi connectivity index (χ2n) is 2.69. The van der Waals surface area contributed by atoms with E-state index in [0.29, 0.717) is 0 Å². The molecule has 0 aromatic heterocycles. The van der Waals surface area contributed by atoms with Crippen LogP contribution in [0.4, 0.5) is 17.6 Å². The minimum atomic E-state index is -4.57. The summed E-state index contributed by atoms with van der Waals surface area (Å²) in [6.07, 6.45) is -4.57. The maximum atomic E-state index is 12.7. The highest BCUT2D eigenvalue weighted by molar-refractivity contribution is 9.10. The molecule has 1 atom stereocenters. The lowest BCUT2D eigenvalue weighted by Gasteiger charge is -2.17. The highest BCUT2D eigenvalue weighted by atomic mass is 79.9. The van der Waals surface area contributed by atoms with E-state index in [0.717, 1.165) is 12.1 Å². The van der Waals surface area contributed by atoms with Gasteiger partial charge in [-0.1, -0.05) is 15.9 Å². The van der Waals surface area contributed by atoms with E-state index < -0.39 is 18.0 Å². The molecule has 0 spiro atoms. The maximum Gasteiger partial charge on any atom is 0.407 e. The molecule has 0 fully saturated rings. The van der Waals surface area contributed by atoms with Crippen LogP contribution in [0.3, 0.4) is 0 Å². The summed E-state index contributed by atoms with van der Waals surface area (Å²) in [5.74, 6) is -0.747. The van der Waals surface area contributed by atoms with Gasteiger partial charge in [-0.05, 0) is 23.8 Å². The summed E-state index contributed by atoms with van der Waals surface area (Å²) >= 11 is 2.88. The summed E-state index contributed by atoms with van der Waals surface area (Å²) in [4.78, 5) is 0. The predicted molar refractivity (Wildman–Crippen MR) is 47.1 cm³/mol. The van der Waals surface area contributed by atoms with Crippen LogP contribution in [0.5, 0.6) is 0 Å². The molecule has 0 saturated heterocycles. The molecule has 6 heteroatoms. The van der Waals surface area contributed by atoms with Crippen LogP contribution < -0.4 is 5.73 Å². The molecule has 0 aliphatic carbocycles. The van der Waals surface area contributed by atoms with Gasteiger partial charge in [0, 0.05) is 4.47 Å². The van der Waals surface area contributed by atoms with E-state index in [1.807, 2.05) is 0 Å². The zero-order chi connectivity index (χ0) is 10.9. The normalized spacial score (nSPS) is 14.1. The first-order valence-corrected chi connectivity index (χ1v) is 4.39. The third kappa shape index (κ3) is 2.45. The van der Waals surface area contributed by atoms with Crippen molar-refractivity contribution in [3.8, 4) is 0 Å². The molecule has 0 bridgehead atoms. The number of rotatable bonds is 1. The van der Waals surface area contributed by atoms with Gasteiger partial charge < -0.3 is 5.73 Å². The minimum Gasteiger partial charge on any atom is -0.316 e. The smallest absolute Gasteiger partial charge is 0.316 e. The molecule has 0 heterocycles. The van der Waals surface area contributed by atoms with E-state index in [1.54, 1.807) is 0 Å². The summed E-state index contributed by atoms with van der Waals surface area (Å²) in [6.45, 7) is 0. The highest BCUT2D eigenvalue weighted by Crippen LogP contribution is 2.34. The number of hydrogen-bond acceptors (Lipinski definition) is 1. The first-order valence-electron chi connectivity index (χ1n) is 3.59. The Kier molecular flexibility index (Phi) is 3.16. The molecule has 2 N–H and O–H groups in total. The summed E-state index contributed by atoms with van der Waals surface area (Å²) in [6, 6.07) is 0.836. The molecule has 1 nitrogen and oxygen atoms in total. The van der Waals surface area contributed by atoms with E-state index >= 15 is 0 Å². The zero-order valence-electron chi connectivity index (χ0n) is 6.78. The molecule has 0 amide bonds. The van der Waals surface area contributed by atoms with Crippen LogP contribution in [0, 0.1) is 5.82 Å². The second kappa shape index (κ2) is 3.86. The van der Waals surface area contributed by atoms with E-state index in [1.165, 1.54) is 6.07 Å². The summed E-state index contributed by atoms with van der Waals surface area (Å²) in [5, 5.41) is 0. The fraction of sp³-hybridized carbons (Fsp3) is 0.250. The van der Waals surface area contributed by atoms with Gasteiger partial charge in [0.05, 0.1) is 0 Å². The van der Waals surface area contributed by atoms with Crippen LogP contribution in [-0.2, 0) is 0 Å². The lowest BCUT2D eigenvalue weighted by molar-refractivity contribution is -0.149. The van der Waals surface area contributed by atoms with Crippen LogP contribution in [0.15, 0.2) is 22.7 Å². The van der Waals surface area contributed by atoms with Crippen molar-refractivity contribution in [1.29, 1.82) is 0 Å². The van der Waals surface area contributed by atoms with Gasteiger partial charge in [0.2, 0.25) is 0 Å². The monoisotopic (exact) mass is 271 g/mol. The molecule has 1 aromatic rings. The van der Waals surface area contributed by atoms with Crippen molar-refractivity contribution in [3.63, 3.8) is 0 Å². The highest BCUT2D eigenvalue weighted by Gasteiger charge is 2.38. The lowest BCUT2D eigenvalue weighted by atomic mass is 10.1. The van der Waals surface area contributed by atoms with Crippen molar-refractivity contribution in [3.05, 3.63) is 34.1 Å². The molecule has 0 aliphatic heterocycles. The third-order valence-electron chi connectivity index (χ3n) is 1.65. The number of nitrogens with two attached hydrogens (primary N) is 1. The Morgan fingerprint density at radius 2 is 1.86 bits per heavy atom. The van der Waals surface area contributed by atoms with E-state index in [-0.39, 0.29) is 10.0 Å². The Labute approximate surface area is 86.0 Å². The minimum absolute atomic E-state index is 0.142. The number of benzene rings is 1. The molecule has 14 heavy (non-hydrogen) atoms. The van der Waals surface area contributed by atoms with Crippen molar-refractivity contribution in [1.82, 2.24) is 0 Å². The largest absolute Gasteiger partial charge is 0.407 e. The van der Waals surface area contributed by atoms with Crippen molar-refractivity contribution in [2.75, 3.05) is 0 Å². The van der Waals surface area contributed by atoms with Gasteiger partial charge in [-0.3, -0.25) is 0 Å². The molecule has 0 aliphatic rings. The first-order chi connectivity index (χ1) is 6.32. The van der Waals surface area contributed by atoms with Crippen LogP contribution >= 0.6 is 15.9 Å². The van der Waals surface area contributed by atoms with Gasteiger partial charge in [0.15, 0.2) is 0 Å². The predicted octanol–water partition coefficient (Wildman–Crippen LogP) is 3.15. The Bertz CT molecular complexity index is 337. The number of alkyl halides is 3. The topological polar surface area (TPSA) is 26.0 Å². The third-order valence-corrected chi connectivity index (χ3v) is 2.37. The standard InChI is InChI=1S/C8H6BrF4N/c9-6-2-1-4(10)3-5(6)7(14)8(11,12)13/h1-3,7H,14H2/t7-/m0/s1. The molecule has 0 radical (unpaired) electrons. The van der Waals surface area contributed by atoms with Gasteiger partial charge in [-0.2, -0.15) is 13.2 Å². The van der Waals surface area contributed by atoms with Gasteiger partial charge in [-0.25, -0.2) is 4.39 Å². The fourth-order valence-electron chi connectivity index (χ4n) is 0.929. The van der Waals surface area contributed by atoms with E-state index in [2.05, 4.69) is 15.9 Å². The van der Waals surface area contributed by atoms with E-state index in [4.69, 9.17) is 5.73 Å². The van der Waals surface area contributed by atoms with Crippen molar-refractivity contribution >= 4 is 15.9 Å². The lowest BCUT2D eigenvalue weighted by Crippen LogP contribution is -2.28. The molecule has 0 unspecified atom stereocenters. The second-order valence-corrected chi connectivity index (χ2v) is 3.54. The van der Waals surface area contributed by atoms with Gasteiger partial charge in [-0.15, -0.1) is 0 Å². The van der Waals surface area contributed by atoms with Crippen LogP contribution in [0.2, 0.25) is 0 Å². The molecule has 78 valence electrons. The Morgan fingerprint density at radius 3 is 2.36 bits per heavy atom. The van der Waals surface area contributed by atoms with Crippen LogP contribution in [-0.4, -0.2) is 6.18 Å².